The molecule has 1 saturated heterocycles. The number of carbonyl (C=O) groups is 2. The Morgan fingerprint density at radius 1 is 1.28 bits per heavy atom. The fourth-order valence-electron chi connectivity index (χ4n) is 3.50. The predicted molar refractivity (Wildman–Crippen MR) is 93.7 cm³/mol. The van der Waals surface area contributed by atoms with E-state index in [0.717, 1.165) is 50.2 Å². The van der Waals surface area contributed by atoms with Crippen molar-refractivity contribution in [1.82, 2.24) is 9.80 Å². The molecule has 1 aliphatic heterocycles. The highest BCUT2D eigenvalue weighted by Gasteiger charge is 2.30. The van der Waals surface area contributed by atoms with Gasteiger partial charge in [-0.2, -0.15) is 0 Å². The van der Waals surface area contributed by atoms with Crippen LogP contribution in [0.2, 0.25) is 0 Å². The molecule has 25 heavy (non-hydrogen) atoms. The summed E-state index contributed by atoms with van der Waals surface area (Å²) in [4.78, 5) is 28.7. The summed E-state index contributed by atoms with van der Waals surface area (Å²) in [5.41, 5.74) is 0.313. The summed E-state index contributed by atoms with van der Waals surface area (Å²) in [6.45, 7) is 9.56. The van der Waals surface area contributed by atoms with Gasteiger partial charge in [0.05, 0.1) is 11.8 Å². The Hall–Kier alpha value is -1.82. The van der Waals surface area contributed by atoms with Crippen LogP contribution in [0.25, 0.3) is 0 Å². The van der Waals surface area contributed by atoms with Crippen molar-refractivity contribution in [2.75, 3.05) is 32.7 Å². The molecule has 0 aromatic carbocycles. The summed E-state index contributed by atoms with van der Waals surface area (Å²) >= 11 is 0. The molecular weight excluding hydrogens is 320 g/mol. The minimum atomic E-state index is -0.457. The van der Waals surface area contributed by atoms with E-state index in [0.29, 0.717) is 13.1 Å². The van der Waals surface area contributed by atoms with Crippen molar-refractivity contribution >= 4 is 11.9 Å². The maximum atomic E-state index is 12.5. The van der Waals surface area contributed by atoms with E-state index in [1.165, 1.54) is 0 Å². The highest BCUT2D eigenvalue weighted by molar-refractivity contribution is 5.99. The van der Waals surface area contributed by atoms with Gasteiger partial charge >= 0.3 is 6.09 Å². The summed E-state index contributed by atoms with van der Waals surface area (Å²) < 4.78 is 10.8. The lowest BCUT2D eigenvalue weighted by Crippen LogP contribution is -2.50. The van der Waals surface area contributed by atoms with Crippen molar-refractivity contribution < 1.29 is 18.7 Å². The van der Waals surface area contributed by atoms with Crippen LogP contribution in [-0.2, 0) is 11.2 Å². The highest BCUT2D eigenvalue weighted by atomic mass is 16.6. The molecule has 138 valence electrons. The van der Waals surface area contributed by atoms with Gasteiger partial charge in [-0.1, -0.05) is 0 Å². The molecule has 1 atom stereocenters. The molecule has 2 heterocycles. The number of rotatable bonds is 3. The number of amides is 1. The van der Waals surface area contributed by atoms with E-state index in [2.05, 4.69) is 4.90 Å². The van der Waals surface area contributed by atoms with E-state index >= 15 is 0 Å². The minimum Gasteiger partial charge on any atom is -0.469 e. The number of nitrogens with zero attached hydrogens (tertiary/aromatic N) is 2. The van der Waals surface area contributed by atoms with Crippen LogP contribution in [0, 0.1) is 5.92 Å². The number of hydrogen-bond acceptors (Lipinski definition) is 5. The Morgan fingerprint density at radius 3 is 2.68 bits per heavy atom. The molecule has 0 saturated carbocycles. The first-order valence-electron chi connectivity index (χ1n) is 9.14. The van der Waals surface area contributed by atoms with E-state index in [9.17, 15) is 9.59 Å². The molecule has 0 N–H and O–H groups in total. The third-order valence-corrected chi connectivity index (χ3v) is 4.92. The summed E-state index contributed by atoms with van der Waals surface area (Å²) in [6.07, 6.45) is 3.97. The lowest BCUT2D eigenvalue weighted by atomic mass is 9.84. The number of furan rings is 1. The van der Waals surface area contributed by atoms with Gasteiger partial charge in [-0.15, -0.1) is 0 Å². The van der Waals surface area contributed by atoms with Gasteiger partial charge in [-0.3, -0.25) is 9.69 Å². The third kappa shape index (κ3) is 4.42. The van der Waals surface area contributed by atoms with Crippen molar-refractivity contribution in [3.8, 4) is 0 Å². The fraction of sp³-hybridized carbons (Fsp3) is 0.684. The van der Waals surface area contributed by atoms with Crippen LogP contribution in [0.3, 0.4) is 0 Å². The molecule has 1 fully saturated rings. The largest absolute Gasteiger partial charge is 0.469 e. The average Bonchev–Trinajstić information content (AvgIpc) is 3.02. The summed E-state index contributed by atoms with van der Waals surface area (Å²) in [5, 5.41) is 0. The van der Waals surface area contributed by atoms with E-state index < -0.39 is 5.60 Å². The van der Waals surface area contributed by atoms with Gasteiger partial charge in [0.1, 0.15) is 11.4 Å². The maximum absolute atomic E-state index is 12.5. The van der Waals surface area contributed by atoms with Gasteiger partial charge in [0, 0.05) is 38.5 Å². The number of ketones is 1. The Balaban J connectivity index is 1.43. The van der Waals surface area contributed by atoms with Gasteiger partial charge in [-0.05, 0) is 46.2 Å². The highest BCUT2D eigenvalue weighted by Crippen LogP contribution is 2.28. The molecule has 0 radical (unpaired) electrons. The van der Waals surface area contributed by atoms with Gasteiger partial charge in [0.15, 0.2) is 5.78 Å². The van der Waals surface area contributed by atoms with E-state index in [1.807, 2.05) is 20.8 Å². The zero-order chi connectivity index (χ0) is 18.0. The van der Waals surface area contributed by atoms with Crippen molar-refractivity contribution in [2.24, 2.45) is 5.92 Å². The number of aryl methyl sites for hydroxylation is 1. The van der Waals surface area contributed by atoms with Gasteiger partial charge in [0.2, 0.25) is 0 Å². The molecule has 2 aliphatic rings. The summed E-state index contributed by atoms with van der Waals surface area (Å²) in [6, 6.07) is 1.80. The minimum absolute atomic E-state index is 0.0917. The van der Waals surface area contributed by atoms with Gasteiger partial charge in [-0.25, -0.2) is 4.79 Å². The molecule has 1 aromatic heterocycles. The number of Topliss-reactive ketones (excluding diaryl/α,β-unsaturated/α-hetero) is 1. The topological polar surface area (TPSA) is 63.0 Å². The van der Waals surface area contributed by atoms with Crippen LogP contribution in [0.5, 0.6) is 0 Å². The maximum Gasteiger partial charge on any atom is 0.410 e. The van der Waals surface area contributed by atoms with Crippen molar-refractivity contribution in [1.29, 1.82) is 0 Å². The molecule has 1 aliphatic carbocycles. The van der Waals surface area contributed by atoms with E-state index in [-0.39, 0.29) is 17.8 Å². The zero-order valence-electron chi connectivity index (χ0n) is 15.4. The molecule has 0 bridgehead atoms. The summed E-state index contributed by atoms with van der Waals surface area (Å²) in [7, 11) is 0. The standard InChI is InChI=1S/C19H28N2O4/c1-19(2,3)25-18(23)21-11-9-20(10-12-21)8-6-14-4-5-16-15(17(14)22)7-13-24-16/h7,13-14H,4-6,8-12H2,1-3H3. The first-order valence-corrected chi connectivity index (χ1v) is 9.14. The Morgan fingerprint density at radius 2 is 2.00 bits per heavy atom. The smallest absolute Gasteiger partial charge is 0.410 e. The van der Waals surface area contributed by atoms with Crippen LogP contribution in [0.15, 0.2) is 16.7 Å². The number of carbonyl (C=O) groups excluding carboxylic acids is 2. The zero-order valence-corrected chi connectivity index (χ0v) is 15.4. The van der Waals surface area contributed by atoms with Crippen LogP contribution in [0.1, 0.15) is 49.7 Å². The molecule has 1 unspecified atom stereocenters. The molecular formula is C19H28N2O4. The molecule has 1 amide bonds. The van der Waals surface area contributed by atoms with Crippen molar-refractivity contribution in [3.63, 3.8) is 0 Å². The number of hydrogen-bond donors (Lipinski definition) is 0. The molecule has 1 aromatic rings. The SMILES string of the molecule is CC(C)(C)OC(=O)N1CCN(CCC2CCc3occc3C2=O)CC1. The Kier molecular flexibility index (Phi) is 5.18. The van der Waals surface area contributed by atoms with E-state index in [1.54, 1.807) is 17.2 Å². The average molecular weight is 348 g/mol. The van der Waals surface area contributed by atoms with Gasteiger partial charge < -0.3 is 14.1 Å². The van der Waals surface area contributed by atoms with Crippen LogP contribution in [-0.4, -0.2) is 60.0 Å². The second-order valence-electron chi connectivity index (χ2n) is 7.96. The van der Waals surface area contributed by atoms with Crippen LogP contribution >= 0.6 is 0 Å². The second kappa shape index (κ2) is 7.20. The summed E-state index contributed by atoms with van der Waals surface area (Å²) in [5.74, 6) is 1.16. The molecule has 3 rings (SSSR count). The van der Waals surface area contributed by atoms with Crippen LogP contribution in [0.4, 0.5) is 4.79 Å². The lowest BCUT2D eigenvalue weighted by molar-refractivity contribution is 0.0142. The Bertz CT molecular complexity index is 624. The third-order valence-electron chi connectivity index (χ3n) is 4.92. The molecule has 6 nitrogen and oxygen atoms in total. The molecule has 6 heteroatoms. The first kappa shape index (κ1) is 18.0. The van der Waals surface area contributed by atoms with Gasteiger partial charge in [0.25, 0.3) is 0 Å². The monoisotopic (exact) mass is 348 g/mol. The molecule has 0 spiro atoms. The first-order chi connectivity index (χ1) is 11.8. The van der Waals surface area contributed by atoms with Crippen molar-refractivity contribution in [3.05, 3.63) is 23.7 Å². The van der Waals surface area contributed by atoms with E-state index in [4.69, 9.17) is 9.15 Å². The quantitative estimate of drug-likeness (QED) is 0.840. The van der Waals surface area contributed by atoms with Crippen molar-refractivity contribution in [2.45, 2.75) is 45.6 Å². The number of ether oxygens (including phenoxy) is 1. The fourth-order valence-corrected chi connectivity index (χ4v) is 3.50. The number of fused-ring (bicyclic) bond motifs is 1. The second-order valence-corrected chi connectivity index (χ2v) is 7.96. The lowest BCUT2D eigenvalue weighted by Gasteiger charge is -2.36. The normalized spacial score (nSPS) is 22.0. The predicted octanol–water partition coefficient (Wildman–Crippen LogP) is 2.97. The van der Waals surface area contributed by atoms with Crippen LogP contribution < -0.4 is 0 Å². The Labute approximate surface area is 149 Å². The number of piperazine rings is 1.